The Labute approximate surface area is 90.5 Å². The highest BCUT2D eigenvalue weighted by Crippen LogP contribution is 2.30. The summed E-state index contributed by atoms with van der Waals surface area (Å²) in [6.07, 6.45) is 5.65. The number of likely N-dealkylation sites (N-methyl/N-ethyl adjacent to an activating group) is 1. The van der Waals surface area contributed by atoms with Crippen LogP contribution in [0.25, 0.3) is 0 Å². The topological polar surface area (TPSA) is 41.3 Å². The second kappa shape index (κ2) is 3.94. The average molecular weight is 209 g/mol. The first-order chi connectivity index (χ1) is 7.14. The fourth-order valence-electron chi connectivity index (χ4n) is 2.17. The van der Waals surface area contributed by atoms with E-state index in [1.54, 1.807) is 6.20 Å². The summed E-state index contributed by atoms with van der Waals surface area (Å²) in [6, 6.07) is 0. The zero-order valence-electron chi connectivity index (χ0n) is 9.48. The molecule has 1 aromatic rings. The monoisotopic (exact) mass is 209 g/mol. The molecule has 84 valence electrons. The van der Waals surface area contributed by atoms with Crippen molar-refractivity contribution in [3.05, 3.63) is 18.0 Å². The molecule has 15 heavy (non-hydrogen) atoms. The van der Waals surface area contributed by atoms with E-state index in [2.05, 4.69) is 16.9 Å². The van der Waals surface area contributed by atoms with Gasteiger partial charge in [0, 0.05) is 31.4 Å². The highest BCUT2D eigenvalue weighted by atomic mass is 16.3. The Morgan fingerprint density at radius 3 is 3.00 bits per heavy atom. The van der Waals surface area contributed by atoms with Gasteiger partial charge in [-0.2, -0.15) is 5.10 Å². The van der Waals surface area contributed by atoms with Crippen LogP contribution in [-0.4, -0.2) is 39.9 Å². The second-order valence-electron chi connectivity index (χ2n) is 4.51. The molecule has 1 aliphatic heterocycles. The van der Waals surface area contributed by atoms with Gasteiger partial charge in [0.1, 0.15) is 5.60 Å². The third kappa shape index (κ3) is 2.06. The van der Waals surface area contributed by atoms with Crippen LogP contribution in [-0.2, 0) is 12.1 Å². The number of hydrogen-bond acceptors (Lipinski definition) is 3. The molecule has 2 rings (SSSR count). The molecule has 1 unspecified atom stereocenters. The molecule has 0 saturated carbocycles. The Kier molecular flexibility index (Phi) is 2.80. The summed E-state index contributed by atoms with van der Waals surface area (Å²) in [4.78, 5) is 2.15. The Balaban J connectivity index is 2.14. The predicted molar refractivity (Wildman–Crippen MR) is 58.5 cm³/mol. The van der Waals surface area contributed by atoms with E-state index in [4.69, 9.17) is 0 Å². The number of β-amino-alcohol motifs (C(OH)–C–C–N with tert-alkyl or cyclic N) is 1. The summed E-state index contributed by atoms with van der Waals surface area (Å²) in [5.74, 6) is 0. The molecular weight excluding hydrogens is 190 g/mol. The SMILES string of the molecule is CCCn1cc(C2(O)CCN(C)C2)cn1. The Hall–Kier alpha value is -0.870. The van der Waals surface area contributed by atoms with Crippen molar-refractivity contribution < 1.29 is 5.11 Å². The summed E-state index contributed by atoms with van der Waals surface area (Å²) < 4.78 is 1.91. The number of likely N-dealkylation sites (tertiary alicyclic amines) is 1. The van der Waals surface area contributed by atoms with Gasteiger partial charge in [-0.3, -0.25) is 4.68 Å². The van der Waals surface area contributed by atoms with Crippen LogP contribution in [0.4, 0.5) is 0 Å². The van der Waals surface area contributed by atoms with Crippen LogP contribution < -0.4 is 0 Å². The molecule has 0 aliphatic carbocycles. The minimum Gasteiger partial charge on any atom is -0.384 e. The fourth-order valence-corrected chi connectivity index (χ4v) is 2.17. The third-order valence-electron chi connectivity index (χ3n) is 3.06. The first kappa shape index (κ1) is 10.6. The Morgan fingerprint density at radius 1 is 1.60 bits per heavy atom. The van der Waals surface area contributed by atoms with Crippen molar-refractivity contribution in [2.45, 2.75) is 31.9 Å². The van der Waals surface area contributed by atoms with Crippen LogP contribution in [0.2, 0.25) is 0 Å². The van der Waals surface area contributed by atoms with Gasteiger partial charge in [-0.05, 0) is 19.9 Å². The van der Waals surface area contributed by atoms with Crippen molar-refractivity contribution in [1.29, 1.82) is 0 Å². The van der Waals surface area contributed by atoms with E-state index in [0.29, 0.717) is 6.54 Å². The molecule has 1 saturated heterocycles. The summed E-state index contributed by atoms with van der Waals surface area (Å²) in [5.41, 5.74) is 0.279. The van der Waals surface area contributed by atoms with Crippen LogP contribution in [0.5, 0.6) is 0 Å². The molecule has 0 bridgehead atoms. The van der Waals surface area contributed by atoms with Gasteiger partial charge in [0.05, 0.1) is 6.20 Å². The van der Waals surface area contributed by atoms with Gasteiger partial charge in [-0.25, -0.2) is 0 Å². The average Bonchev–Trinajstić information content (AvgIpc) is 2.75. The van der Waals surface area contributed by atoms with Crippen molar-refractivity contribution in [2.24, 2.45) is 0 Å². The van der Waals surface area contributed by atoms with Crippen LogP contribution in [0, 0.1) is 0 Å². The van der Waals surface area contributed by atoms with Crippen molar-refractivity contribution in [1.82, 2.24) is 14.7 Å². The minimum absolute atomic E-state index is 0.680. The highest BCUT2D eigenvalue weighted by Gasteiger charge is 2.36. The Morgan fingerprint density at radius 2 is 2.40 bits per heavy atom. The van der Waals surface area contributed by atoms with Crippen LogP contribution in [0.3, 0.4) is 0 Å². The Bertz CT molecular complexity index is 336. The van der Waals surface area contributed by atoms with E-state index in [9.17, 15) is 5.11 Å². The molecule has 1 atom stereocenters. The quantitative estimate of drug-likeness (QED) is 0.801. The molecule has 4 nitrogen and oxygen atoms in total. The van der Waals surface area contributed by atoms with Crippen LogP contribution in [0.1, 0.15) is 25.3 Å². The molecule has 2 heterocycles. The third-order valence-corrected chi connectivity index (χ3v) is 3.06. The lowest BCUT2D eigenvalue weighted by Crippen LogP contribution is -2.28. The molecule has 1 N–H and O–H groups in total. The molecule has 1 aliphatic rings. The van der Waals surface area contributed by atoms with Crippen molar-refractivity contribution in [3.63, 3.8) is 0 Å². The van der Waals surface area contributed by atoms with E-state index in [1.807, 2.05) is 17.9 Å². The van der Waals surface area contributed by atoms with Gasteiger partial charge in [-0.1, -0.05) is 6.92 Å². The van der Waals surface area contributed by atoms with E-state index < -0.39 is 5.60 Å². The van der Waals surface area contributed by atoms with Crippen LogP contribution in [0.15, 0.2) is 12.4 Å². The van der Waals surface area contributed by atoms with Crippen molar-refractivity contribution in [3.8, 4) is 0 Å². The lowest BCUT2D eigenvalue weighted by atomic mass is 9.96. The number of aliphatic hydroxyl groups is 1. The van der Waals surface area contributed by atoms with Gasteiger partial charge in [0.2, 0.25) is 0 Å². The lowest BCUT2D eigenvalue weighted by Gasteiger charge is -2.20. The number of hydrogen-bond donors (Lipinski definition) is 1. The minimum atomic E-state index is -0.680. The molecule has 4 heteroatoms. The number of nitrogens with zero attached hydrogens (tertiary/aromatic N) is 3. The summed E-state index contributed by atoms with van der Waals surface area (Å²) in [6.45, 7) is 4.71. The maximum atomic E-state index is 10.4. The van der Waals surface area contributed by atoms with Gasteiger partial charge < -0.3 is 10.0 Å². The van der Waals surface area contributed by atoms with Gasteiger partial charge in [0.25, 0.3) is 0 Å². The smallest absolute Gasteiger partial charge is 0.106 e. The van der Waals surface area contributed by atoms with E-state index in [1.165, 1.54) is 0 Å². The van der Waals surface area contributed by atoms with E-state index in [0.717, 1.165) is 31.5 Å². The highest BCUT2D eigenvalue weighted by molar-refractivity contribution is 5.17. The first-order valence-electron chi connectivity index (χ1n) is 5.58. The van der Waals surface area contributed by atoms with Gasteiger partial charge >= 0.3 is 0 Å². The zero-order chi connectivity index (χ0) is 10.9. The molecule has 0 amide bonds. The fraction of sp³-hybridized carbons (Fsp3) is 0.727. The zero-order valence-corrected chi connectivity index (χ0v) is 9.48. The maximum absolute atomic E-state index is 10.4. The molecule has 0 aromatic carbocycles. The lowest BCUT2D eigenvalue weighted by molar-refractivity contribution is 0.0488. The number of rotatable bonds is 3. The van der Waals surface area contributed by atoms with Crippen LogP contribution >= 0.6 is 0 Å². The van der Waals surface area contributed by atoms with Gasteiger partial charge in [0.15, 0.2) is 0 Å². The van der Waals surface area contributed by atoms with Crippen molar-refractivity contribution in [2.75, 3.05) is 20.1 Å². The summed E-state index contributed by atoms with van der Waals surface area (Å²) in [5, 5.41) is 14.7. The number of aromatic nitrogens is 2. The van der Waals surface area contributed by atoms with E-state index in [-0.39, 0.29) is 0 Å². The molecule has 0 radical (unpaired) electrons. The molecule has 0 spiro atoms. The summed E-state index contributed by atoms with van der Waals surface area (Å²) in [7, 11) is 2.04. The first-order valence-corrected chi connectivity index (χ1v) is 5.58. The molecule has 1 fully saturated rings. The number of aryl methyl sites for hydroxylation is 1. The largest absolute Gasteiger partial charge is 0.384 e. The molecular formula is C11H19N3O. The summed E-state index contributed by atoms with van der Waals surface area (Å²) >= 11 is 0. The van der Waals surface area contributed by atoms with Crippen molar-refractivity contribution >= 4 is 0 Å². The van der Waals surface area contributed by atoms with E-state index >= 15 is 0 Å². The standard InChI is InChI=1S/C11H19N3O/c1-3-5-14-8-10(7-12-14)11(15)4-6-13(2)9-11/h7-8,15H,3-6,9H2,1-2H3. The predicted octanol–water partition coefficient (Wildman–Crippen LogP) is 0.816. The molecule has 1 aromatic heterocycles. The second-order valence-corrected chi connectivity index (χ2v) is 4.51. The normalized spacial score (nSPS) is 27.4. The maximum Gasteiger partial charge on any atom is 0.106 e. The van der Waals surface area contributed by atoms with Gasteiger partial charge in [-0.15, -0.1) is 0 Å².